The molecule has 2 rings (SSSR count). The Morgan fingerprint density at radius 2 is 1.87 bits per heavy atom. The molecule has 0 aliphatic rings. The number of halogens is 1. The van der Waals surface area contributed by atoms with Gasteiger partial charge in [0.25, 0.3) is 5.91 Å². The molecule has 0 fully saturated rings. The highest BCUT2D eigenvalue weighted by molar-refractivity contribution is 9.10. The number of phenols is 1. The molecule has 2 N–H and O–H groups in total. The summed E-state index contributed by atoms with van der Waals surface area (Å²) in [6.07, 6.45) is 1.44. The molecule has 0 saturated heterocycles. The lowest BCUT2D eigenvalue weighted by atomic mass is 9.86. The van der Waals surface area contributed by atoms with Crippen molar-refractivity contribution in [2.75, 3.05) is 0 Å². The second-order valence-corrected chi connectivity index (χ2v) is 7.07. The zero-order valence-electron chi connectivity index (χ0n) is 13.3. The first-order valence-corrected chi connectivity index (χ1v) is 8.00. The van der Waals surface area contributed by atoms with Gasteiger partial charge in [-0.1, -0.05) is 39.0 Å². The van der Waals surface area contributed by atoms with Crippen molar-refractivity contribution in [1.29, 1.82) is 0 Å². The van der Waals surface area contributed by atoms with Crippen LogP contribution in [-0.2, 0) is 5.41 Å². The molecule has 0 heterocycles. The van der Waals surface area contributed by atoms with Crippen LogP contribution in [0.2, 0.25) is 0 Å². The molecule has 2 aromatic carbocycles. The molecule has 4 nitrogen and oxygen atoms in total. The Morgan fingerprint density at radius 3 is 2.48 bits per heavy atom. The van der Waals surface area contributed by atoms with Gasteiger partial charge in [-0.2, -0.15) is 5.10 Å². The van der Waals surface area contributed by atoms with Gasteiger partial charge < -0.3 is 5.11 Å². The first kappa shape index (κ1) is 17.2. The Balaban J connectivity index is 2.19. The predicted molar refractivity (Wildman–Crippen MR) is 96.0 cm³/mol. The van der Waals surface area contributed by atoms with Gasteiger partial charge in [-0.05, 0) is 51.2 Å². The molecule has 5 heteroatoms. The van der Waals surface area contributed by atoms with Crippen molar-refractivity contribution in [3.63, 3.8) is 0 Å². The average molecular weight is 375 g/mol. The summed E-state index contributed by atoms with van der Waals surface area (Å²) in [5, 5.41) is 14.1. The van der Waals surface area contributed by atoms with Crippen LogP contribution >= 0.6 is 15.9 Å². The number of carbonyl (C=O) groups is 1. The highest BCUT2D eigenvalue weighted by atomic mass is 79.9. The normalized spacial score (nSPS) is 11.7. The number of hydrogen-bond donors (Lipinski definition) is 2. The van der Waals surface area contributed by atoms with Gasteiger partial charge in [0, 0.05) is 11.1 Å². The molecular formula is C18H19BrN2O2. The molecule has 0 aliphatic heterocycles. The number of hydrazone groups is 1. The van der Waals surface area contributed by atoms with Crippen LogP contribution in [0.25, 0.3) is 0 Å². The van der Waals surface area contributed by atoms with Crippen molar-refractivity contribution in [3.05, 3.63) is 63.6 Å². The van der Waals surface area contributed by atoms with Gasteiger partial charge in [-0.25, -0.2) is 5.43 Å². The quantitative estimate of drug-likeness (QED) is 0.624. The number of nitrogens with one attached hydrogen (secondary N) is 1. The van der Waals surface area contributed by atoms with Gasteiger partial charge >= 0.3 is 0 Å². The molecule has 0 radical (unpaired) electrons. The van der Waals surface area contributed by atoms with Gasteiger partial charge in [0.1, 0.15) is 5.75 Å². The Hall–Kier alpha value is -2.14. The predicted octanol–water partition coefficient (Wildman–Crippen LogP) is 4.22. The summed E-state index contributed by atoms with van der Waals surface area (Å²) in [6, 6.07) is 12.6. The van der Waals surface area contributed by atoms with Gasteiger partial charge in [0.05, 0.1) is 10.7 Å². The highest BCUT2D eigenvalue weighted by Crippen LogP contribution is 2.33. The molecule has 0 saturated carbocycles. The van der Waals surface area contributed by atoms with Crippen LogP contribution < -0.4 is 5.43 Å². The molecule has 0 spiro atoms. The summed E-state index contributed by atoms with van der Waals surface area (Å²) in [7, 11) is 0. The summed E-state index contributed by atoms with van der Waals surface area (Å²) in [4.78, 5) is 11.9. The minimum atomic E-state index is -0.299. The van der Waals surface area contributed by atoms with E-state index in [0.717, 1.165) is 5.56 Å². The standard InChI is InChI=1S/C18H19BrN2O2/c1-18(2,3)14-9-13(16(22)15(19)10-14)11-20-21-17(23)12-7-5-4-6-8-12/h4-11,22H,1-3H3,(H,21,23)/b20-11+. The lowest BCUT2D eigenvalue weighted by Gasteiger charge is -2.20. The number of carbonyl (C=O) groups excluding carboxylic acids is 1. The van der Waals surface area contributed by atoms with E-state index in [1.54, 1.807) is 24.3 Å². The van der Waals surface area contributed by atoms with Crippen molar-refractivity contribution in [1.82, 2.24) is 5.43 Å². The van der Waals surface area contributed by atoms with E-state index in [9.17, 15) is 9.90 Å². The first-order chi connectivity index (χ1) is 10.8. The van der Waals surface area contributed by atoms with Crippen LogP contribution in [0, 0.1) is 0 Å². The maximum absolute atomic E-state index is 11.9. The third-order valence-electron chi connectivity index (χ3n) is 3.36. The molecule has 2 aromatic rings. The average Bonchev–Trinajstić information content (AvgIpc) is 2.51. The molecule has 0 unspecified atom stereocenters. The van der Waals surface area contributed by atoms with E-state index in [0.29, 0.717) is 15.6 Å². The van der Waals surface area contributed by atoms with Crippen LogP contribution in [0.3, 0.4) is 0 Å². The van der Waals surface area contributed by atoms with Gasteiger partial charge in [0.2, 0.25) is 0 Å². The second-order valence-electron chi connectivity index (χ2n) is 6.21. The van der Waals surface area contributed by atoms with E-state index in [1.165, 1.54) is 6.21 Å². The summed E-state index contributed by atoms with van der Waals surface area (Å²) < 4.78 is 0.598. The molecule has 120 valence electrons. The third kappa shape index (κ3) is 4.42. The maximum atomic E-state index is 11.9. The Labute approximate surface area is 144 Å². The molecule has 0 bridgehead atoms. The molecule has 0 aromatic heterocycles. The van der Waals surface area contributed by atoms with Crippen LogP contribution in [0.15, 0.2) is 52.0 Å². The Morgan fingerprint density at radius 1 is 1.22 bits per heavy atom. The SMILES string of the molecule is CC(C)(C)c1cc(Br)c(O)c(/C=N/NC(=O)c2ccccc2)c1. The number of aromatic hydroxyl groups is 1. The Kier molecular flexibility index (Phi) is 5.21. The number of amides is 1. The minimum Gasteiger partial charge on any atom is -0.506 e. The third-order valence-corrected chi connectivity index (χ3v) is 3.97. The number of hydrogen-bond acceptors (Lipinski definition) is 3. The Bertz CT molecular complexity index is 735. The van der Waals surface area contributed by atoms with E-state index >= 15 is 0 Å². The fraction of sp³-hybridized carbons (Fsp3) is 0.222. The van der Waals surface area contributed by atoms with Crippen molar-refractivity contribution in [3.8, 4) is 5.75 Å². The van der Waals surface area contributed by atoms with E-state index in [2.05, 4.69) is 47.2 Å². The van der Waals surface area contributed by atoms with Crippen LogP contribution in [0.1, 0.15) is 42.3 Å². The molecule has 0 aliphatic carbocycles. The molecular weight excluding hydrogens is 356 g/mol. The zero-order chi connectivity index (χ0) is 17.0. The van der Waals surface area contributed by atoms with E-state index in [-0.39, 0.29) is 17.1 Å². The number of nitrogens with zero attached hydrogens (tertiary/aromatic N) is 1. The highest BCUT2D eigenvalue weighted by Gasteiger charge is 2.17. The lowest BCUT2D eigenvalue weighted by Crippen LogP contribution is -2.17. The van der Waals surface area contributed by atoms with Crippen LogP contribution in [0.4, 0.5) is 0 Å². The first-order valence-electron chi connectivity index (χ1n) is 7.20. The second kappa shape index (κ2) is 6.96. The molecule has 23 heavy (non-hydrogen) atoms. The van der Waals surface area contributed by atoms with E-state index < -0.39 is 0 Å². The summed E-state index contributed by atoms with van der Waals surface area (Å²) in [6.45, 7) is 6.26. The largest absolute Gasteiger partial charge is 0.506 e. The number of benzene rings is 2. The van der Waals surface area contributed by atoms with E-state index in [4.69, 9.17) is 0 Å². The number of phenolic OH excluding ortho intramolecular Hbond substituents is 1. The van der Waals surface area contributed by atoms with Crippen molar-refractivity contribution >= 4 is 28.1 Å². The lowest BCUT2D eigenvalue weighted by molar-refractivity contribution is 0.0955. The maximum Gasteiger partial charge on any atom is 0.271 e. The topological polar surface area (TPSA) is 61.7 Å². The molecule has 1 amide bonds. The van der Waals surface area contributed by atoms with Crippen LogP contribution in [-0.4, -0.2) is 17.2 Å². The fourth-order valence-corrected chi connectivity index (χ4v) is 2.44. The van der Waals surface area contributed by atoms with Gasteiger partial charge in [-0.3, -0.25) is 4.79 Å². The summed E-state index contributed by atoms with van der Waals surface area (Å²) >= 11 is 3.35. The monoisotopic (exact) mass is 374 g/mol. The smallest absolute Gasteiger partial charge is 0.271 e. The number of rotatable bonds is 3. The van der Waals surface area contributed by atoms with Gasteiger partial charge in [-0.15, -0.1) is 0 Å². The van der Waals surface area contributed by atoms with Crippen molar-refractivity contribution in [2.24, 2.45) is 5.10 Å². The molecule has 0 atom stereocenters. The van der Waals surface area contributed by atoms with Crippen molar-refractivity contribution in [2.45, 2.75) is 26.2 Å². The van der Waals surface area contributed by atoms with Gasteiger partial charge in [0.15, 0.2) is 0 Å². The van der Waals surface area contributed by atoms with Crippen LogP contribution in [0.5, 0.6) is 5.75 Å². The summed E-state index contributed by atoms with van der Waals surface area (Å²) in [5.74, 6) is -0.205. The van der Waals surface area contributed by atoms with E-state index in [1.807, 2.05) is 18.2 Å². The fourth-order valence-electron chi connectivity index (χ4n) is 1.97. The van der Waals surface area contributed by atoms with Crippen molar-refractivity contribution < 1.29 is 9.90 Å². The summed E-state index contributed by atoms with van der Waals surface area (Å²) in [5.41, 5.74) is 4.51. The zero-order valence-corrected chi connectivity index (χ0v) is 14.9. The minimum absolute atomic E-state index is 0.0634.